The van der Waals surface area contributed by atoms with Crippen molar-refractivity contribution >= 4 is 35.4 Å². The van der Waals surface area contributed by atoms with Crippen LogP contribution in [0.5, 0.6) is 5.75 Å². The molecule has 254 valence electrons. The highest BCUT2D eigenvalue weighted by Crippen LogP contribution is 2.55. The standard InChI is InChI=1S/C36H46N2O9/c1-4-5-6-7-8-9-10-11-12-17-32(41)46-25-27-23-28(38(43)44)22-26-18-19-36(47-34(26)27)35(2,3)29-15-13-14-16-30(29)37(36)20-21-45-33(42)24-31(39)40/h13-16,18-19,22-23H,4-12,17,20-21,24-25H2,1-3H3,(H,39,40). The van der Waals surface area contributed by atoms with Gasteiger partial charge in [0.05, 0.1) is 16.9 Å². The van der Waals surface area contributed by atoms with Gasteiger partial charge < -0.3 is 24.2 Å². The van der Waals surface area contributed by atoms with Crippen LogP contribution < -0.4 is 9.64 Å². The summed E-state index contributed by atoms with van der Waals surface area (Å²) in [6.07, 6.45) is 13.3. The van der Waals surface area contributed by atoms with Gasteiger partial charge in [-0.05, 0) is 44.1 Å². The molecule has 4 rings (SSSR count). The molecule has 0 bridgehead atoms. The van der Waals surface area contributed by atoms with Gasteiger partial charge in [-0.2, -0.15) is 0 Å². The Morgan fingerprint density at radius 2 is 1.64 bits per heavy atom. The van der Waals surface area contributed by atoms with Gasteiger partial charge in [-0.1, -0.05) is 76.5 Å². The van der Waals surface area contributed by atoms with E-state index < -0.39 is 34.4 Å². The number of aliphatic carboxylic acids is 1. The topological polar surface area (TPSA) is 146 Å². The van der Waals surface area contributed by atoms with E-state index >= 15 is 0 Å². The van der Waals surface area contributed by atoms with Crippen molar-refractivity contribution in [2.75, 3.05) is 18.1 Å². The number of fused-ring (bicyclic) bond motifs is 2. The molecule has 1 N–H and O–H groups in total. The van der Waals surface area contributed by atoms with Crippen LogP contribution in [0, 0.1) is 10.1 Å². The molecule has 0 amide bonds. The first kappa shape index (κ1) is 35.4. The van der Waals surface area contributed by atoms with E-state index in [4.69, 9.17) is 19.3 Å². The van der Waals surface area contributed by atoms with Crippen molar-refractivity contribution in [2.24, 2.45) is 0 Å². The monoisotopic (exact) mass is 650 g/mol. The summed E-state index contributed by atoms with van der Waals surface area (Å²) in [4.78, 5) is 48.9. The number of para-hydroxylation sites is 1. The van der Waals surface area contributed by atoms with Crippen molar-refractivity contribution in [3.05, 3.63) is 69.3 Å². The first-order chi connectivity index (χ1) is 22.5. The minimum atomic E-state index is -1.27. The Hall–Kier alpha value is -4.41. The molecule has 0 saturated heterocycles. The zero-order chi connectivity index (χ0) is 34.0. The number of carbonyl (C=O) groups is 3. The van der Waals surface area contributed by atoms with Crippen LogP contribution in [0.2, 0.25) is 0 Å². The van der Waals surface area contributed by atoms with Gasteiger partial charge in [0, 0.05) is 35.4 Å². The highest BCUT2D eigenvalue weighted by molar-refractivity contribution is 5.90. The number of esters is 2. The molecule has 11 nitrogen and oxygen atoms in total. The summed E-state index contributed by atoms with van der Waals surface area (Å²) >= 11 is 0. The van der Waals surface area contributed by atoms with Crippen LogP contribution in [0.15, 0.2) is 42.5 Å². The van der Waals surface area contributed by atoms with Crippen LogP contribution in [-0.4, -0.2) is 46.8 Å². The smallest absolute Gasteiger partial charge is 0.317 e. The number of rotatable bonds is 18. The average molecular weight is 651 g/mol. The number of carbonyl (C=O) groups excluding carboxylic acids is 2. The third-order valence-electron chi connectivity index (χ3n) is 9.05. The summed E-state index contributed by atoms with van der Waals surface area (Å²) in [5, 5.41) is 20.8. The Morgan fingerprint density at radius 1 is 0.957 bits per heavy atom. The largest absolute Gasteiger partial charge is 0.481 e. The molecular formula is C36H46N2O9. The Kier molecular flexibility index (Phi) is 12.0. The van der Waals surface area contributed by atoms with Crippen LogP contribution in [0.4, 0.5) is 11.4 Å². The molecule has 1 spiro atoms. The second-order valence-corrected chi connectivity index (χ2v) is 12.7. The molecule has 0 aromatic heterocycles. The highest BCUT2D eigenvalue weighted by Gasteiger charge is 2.59. The quantitative estimate of drug-likeness (QED) is 0.0566. The summed E-state index contributed by atoms with van der Waals surface area (Å²) in [7, 11) is 0. The fourth-order valence-corrected chi connectivity index (χ4v) is 6.50. The van der Waals surface area contributed by atoms with Crippen LogP contribution in [0.3, 0.4) is 0 Å². The summed E-state index contributed by atoms with van der Waals surface area (Å²) in [6.45, 7) is 6.15. The van der Waals surface area contributed by atoms with Gasteiger partial charge in [0.2, 0.25) is 5.72 Å². The highest BCUT2D eigenvalue weighted by atomic mass is 16.6. The number of nitro groups is 1. The van der Waals surface area contributed by atoms with Crippen LogP contribution in [-0.2, 0) is 35.9 Å². The van der Waals surface area contributed by atoms with Gasteiger partial charge in [-0.15, -0.1) is 0 Å². The minimum Gasteiger partial charge on any atom is -0.481 e. The molecule has 0 radical (unpaired) electrons. The number of carboxylic acid groups (broad SMARTS) is 1. The number of anilines is 1. The number of unbranched alkanes of at least 4 members (excludes halogenated alkanes) is 8. The molecule has 2 heterocycles. The predicted octanol–water partition coefficient (Wildman–Crippen LogP) is 7.48. The van der Waals surface area contributed by atoms with Crippen molar-refractivity contribution in [3.8, 4) is 5.75 Å². The molecule has 2 aromatic carbocycles. The first-order valence-corrected chi connectivity index (χ1v) is 16.6. The maximum absolute atomic E-state index is 12.7. The second-order valence-electron chi connectivity index (χ2n) is 12.7. The van der Waals surface area contributed by atoms with Gasteiger partial charge in [-0.3, -0.25) is 24.5 Å². The van der Waals surface area contributed by atoms with Crippen molar-refractivity contribution in [1.29, 1.82) is 0 Å². The molecule has 1 atom stereocenters. The molecule has 11 heteroatoms. The maximum atomic E-state index is 12.7. The zero-order valence-electron chi connectivity index (χ0n) is 27.6. The molecule has 0 aliphatic carbocycles. The van der Waals surface area contributed by atoms with Crippen molar-refractivity contribution in [2.45, 2.75) is 109 Å². The number of non-ortho nitro benzene ring substituents is 1. The maximum Gasteiger partial charge on any atom is 0.317 e. The lowest BCUT2D eigenvalue weighted by atomic mass is 9.76. The molecule has 47 heavy (non-hydrogen) atoms. The summed E-state index contributed by atoms with van der Waals surface area (Å²) in [5.74, 6) is -2.12. The second kappa shape index (κ2) is 15.9. The van der Waals surface area contributed by atoms with E-state index in [-0.39, 0.29) is 37.8 Å². The average Bonchev–Trinajstić information content (AvgIpc) is 3.20. The van der Waals surface area contributed by atoms with E-state index in [2.05, 4.69) is 6.92 Å². The van der Waals surface area contributed by atoms with Gasteiger partial charge in [0.1, 0.15) is 25.4 Å². The number of hydrogen-bond donors (Lipinski definition) is 1. The van der Waals surface area contributed by atoms with Crippen molar-refractivity contribution in [1.82, 2.24) is 0 Å². The minimum absolute atomic E-state index is 0.0913. The first-order valence-electron chi connectivity index (χ1n) is 16.6. The number of nitro benzene ring substituents is 1. The Labute approximate surface area is 276 Å². The van der Waals surface area contributed by atoms with Crippen molar-refractivity contribution in [3.63, 3.8) is 0 Å². The van der Waals surface area contributed by atoms with Gasteiger partial charge in [-0.25, -0.2) is 0 Å². The van der Waals surface area contributed by atoms with Gasteiger partial charge >= 0.3 is 17.9 Å². The molecule has 0 fully saturated rings. The summed E-state index contributed by atoms with van der Waals surface area (Å²) in [6, 6.07) is 10.5. The Balaban J connectivity index is 1.50. The third kappa shape index (κ3) is 8.31. The fraction of sp³-hybridized carbons (Fsp3) is 0.528. The number of nitrogens with zero attached hydrogens (tertiary/aromatic N) is 2. The number of hydrogen-bond acceptors (Lipinski definition) is 9. The fourth-order valence-electron chi connectivity index (χ4n) is 6.50. The van der Waals surface area contributed by atoms with Crippen molar-refractivity contribution < 1.29 is 38.6 Å². The number of benzene rings is 2. The summed E-state index contributed by atoms with van der Waals surface area (Å²) in [5.41, 5.74) is 0.723. The lowest BCUT2D eigenvalue weighted by molar-refractivity contribution is -0.385. The normalized spacial score (nSPS) is 17.1. The van der Waals surface area contributed by atoms with Crippen LogP contribution >= 0.6 is 0 Å². The third-order valence-corrected chi connectivity index (χ3v) is 9.05. The van der Waals surface area contributed by atoms with Crippen LogP contribution in [0.1, 0.15) is 108 Å². The van der Waals surface area contributed by atoms with Gasteiger partial charge in [0.15, 0.2) is 0 Å². The van der Waals surface area contributed by atoms with E-state index in [9.17, 15) is 24.5 Å². The SMILES string of the molecule is CCCCCCCCCCCC(=O)OCc1cc([N+](=O)[O-])cc2c1OC1(C=C2)N(CCOC(=O)CC(=O)O)c2ccccc2C1(C)C. The lowest BCUT2D eigenvalue weighted by Crippen LogP contribution is -2.60. The van der Waals surface area contributed by atoms with E-state index in [1.54, 1.807) is 6.08 Å². The molecule has 2 aromatic rings. The van der Waals surface area contributed by atoms with E-state index in [0.29, 0.717) is 16.9 Å². The van der Waals surface area contributed by atoms with E-state index in [0.717, 1.165) is 36.9 Å². The number of ether oxygens (including phenoxy) is 3. The summed E-state index contributed by atoms with van der Waals surface area (Å²) < 4.78 is 17.7. The Morgan fingerprint density at radius 3 is 2.32 bits per heavy atom. The zero-order valence-corrected chi connectivity index (χ0v) is 27.6. The molecule has 2 aliphatic heterocycles. The predicted molar refractivity (Wildman–Crippen MR) is 177 cm³/mol. The van der Waals surface area contributed by atoms with E-state index in [1.165, 1.54) is 44.2 Å². The Bertz CT molecular complexity index is 1480. The molecule has 1 unspecified atom stereocenters. The number of carboxylic acids is 1. The van der Waals surface area contributed by atoms with Crippen LogP contribution in [0.25, 0.3) is 6.08 Å². The molecule has 2 aliphatic rings. The molecular weight excluding hydrogens is 604 g/mol. The van der Waals surface area contributed by atoms with E-state index in [1.807, 2.05) is 49.1 Å². The lowest BCUT2D eigenvalue weighted by Gasteiger charge is -2.47. The molecule has 0 saturated carbocycles. The van der Waals surface area contributed by atoms with Gasteiger partial charge in [0.25, 0.3) is 5.69 Å².